The van der Waals surface area contributed by atoms with Gasteiger partial charge in [0.1, 0.15) is 11.5 Å². The van der Waals surface area contributed by atoms with E-state index in [1.165, 1.54) is 113 Å². The van der Waals surface area contributed by atoms with Gasteiger partial charge < -0.3 is 14.5 Å². The van der Waals surface area contributed by atoms with Gasteiger partial charge in [0, 0.05) is 43.7 Å². The van der Waals surface area contributed by atoms with Crippen molar-refractivity contribution in [3.05, 3.63) is 149 Å². The summed E-state index contributed by atoms with van der Waals surface area (Å²) in [6.45, 7) is 23.7. The number of hydrogen-bond acceptors (Lipinski definition) is 4. The van der Waals surface area contributed by atoms with Gasteiger partial charge in [0.05, 0.1) is 11.4 Å². The van der Waals surface area contributed by atoms with Gasteiger partial charge in [-0.1, -0.05) is 124 Å². The first-order valence-corrected chi connectivity index (χ1v) is 24.3. The van der Waals surface area contributed by atoms with Crippen LogP contribution in [0.5, 0.6) is 11.5 Å². The fraction of sp³-hybridized carbons (Fsp3) is 0.345. The fourth-order valence-electron chi connectivity index (χ4n) is 11.3. The molecule has 7 aromatic rings. The Balaban J connectivity index is 1.23. The Bertz CT molecular complexity index is 2980. The molecule has 4 aliphatic rings. The lowest BCUT2D eigenvalue weighted by Crippen LogP contribution is -2.58. The lowest BCUT2D eigenvalue weighted by Gasteiger charge is -2.43. The number of rotatable bonds is 4. The number of hydrogen-bond donors (Lipinski definition) is 0. The van der Waals surface area contributed by atoms with Gasteiger partial charge in [-0.15, -0.1) is 11.3 Å². The van der Waals surface area contributed by atoms with Crippen molar-refractivity contribution in [1.82, 2.24) is 0 Å². The summed E-state index contributed by atoms with van der Waals surface area (Å²) in [6.07, 6.45) is 7.03. The average Bonchev–Trinajstić information content (AvgIpc) is 3.63. The van der Waals surface area contributed by atoms with E-state index in [0.29, 0.717) is 0 Å². The van der Waals surface area contributed by atoms with Crippen molar-refractivity contribution < 1.29 is 4.74 Å². The first-order valence-electron chi connectivity index (χ1n) is 23.5. The smallest absolute Gasteiger partial charge is 0.268 e. The standard InChI is InChI=1S/C58H61BN2OS/c1-55(2,3)37-22-25-39(26-23-37)61-48-34-41(60(47-20-15-17-36-16-11-12-18-42(36)47)40-27-28-44-45(33-40)58(9,10)31-30-57(44,7)8)35-50-52(48)59(46-19-13-14-21-49(46)62-50)54-53(61)43-32-38(56(4,5)6)24-29-51(43)63-54/h13-15,17,19-29,32-35H,11-12,16,18,30-31H2,1-10H3. The van der Waals surface area contributed by atoms with E-state index in [2.05, 4.69) is 194 Å². The molecule has 11 rings (SSSR count). The van der Waals surface area contributed by atoms with Gasteiger partial charge in [-0.25, -0.2) is 0 Å². The van der Waals surface area contributed by atoms with E-state index < -0.39 is 0 Å². The molecule has 0 N–H and O–H groups in total. The van der Waals surface area contributed by atoms with E-state index in [-0.39, 0.29) is 28.4 Å². The number of aryl methyl sites for hydroxylation is 1. The molecule has 1 aromatic heterocycles. The SMILES string of the molecule is CC(C)(C)c1ccc(N2c3cc(N(c4ccc5c(c4)C(C)(C)CCC5(C)C)c4cccc5c4CCCC5)cc4c3B(c3ccccc3O4)c3sc4ccc(C(C)(C)C)cc4c32)cc1. The molecular formula is C58H61BN2OS. The molecule has 0 saturated heterocycles. The molecule has 2 aliphatic carbocycles. The second-order valence-electron chi connectivity index (χ2n) is 22.3. The molecule has 0 amide bonds. The van der Waals surface area contributed by atoms with E-state index in [1.54, 1.807) is 0 Å². The summed E-state index contributed by atoms with van der Waals surface area (Å²) in [6, 6.07) is 44.7. The third-order valence-electron chi connectivity index (χ3n) is 15.1. The average molecular weight is 845 g/mol. The number of thiophene rings is 1. The van der Waals surface area contributed by atoms with Crippen molar-refractivity contribution in [1.29, 1.82) is 0 Å². The second kappa shape index (κ2) is 14.1. The predicted molar refractivity (Wildman–Crippen MR) is 272 cm³/mol. The number of para-hydroxylation sites is 1. The molecule has 0 unspecified atom stereocenters. The minimum Gasteiger partial charge on any atom is -0.458 e. The predicted octanol–water partition coefficient (Wildman–Crippen LogP) is 14.6. The summed E-state index contributed by atoms with van der Waals surface area (Å²) < 4.78 is 9.90. The largest absolute Gasteiger partial charge is 0.458 e. The van der Waals surface area contributed by atoms with Crippen LogP contribution in [-0.4, -0.2) is 6.71 Å². The summed E-state index contributed by atoms with van der Waals surface area (Å²) in [7, 11) is 0. The maximum atomic E-state index is 7.20. The molecule has 3 heterocycles. The molecule has 0 fully saturated rings. The Labute approximate surface area is 380 Å². The molecule has 2 aliphatic heterocycles. The Morgan fingerprint density at radius 3 is 2.13 bits per heavy atom. The van der Waals surface area contributed by atoms with Crippen LogP contribution in [0.25, 0.3) is 10.1 Å². The van der Waals surface area contributed by atoms with Crippen LogP contribution in [0.1, 0.15) is 128 Å². The summed E-state index contributed by atoms with van der Waals surface area (Å²) in [5, 5.41) is 1.32. The first kappa shape index (κ1) is 40.5. The zero-order valence-corrected chi connectivity index (χ0v) is 39.8. The van der Waals surface area contributed by atoms with E-state index >= 15 is 0 Å². The lowest BCUT2D eigenvalue weighted by atomic mass is 9.37. The zero-order chi connectivity index (χ0) is 43.8. The Hall–Kier alpha value is -5.26. The molecule has 3 nitrogen and oxygen atoms in total. The molecule has 0 atom stereocenters. The maximum Gasteiger partial charge on any atom is 0.268 e. The molecule has 6 aromatic carbocycles. The minimum atomic E-state index is 0.00830. The molecule has 0 bridgehead atoms. The van der Waals surface area contributed by atoms with Crippen LogP contribution in [0.15, 0.2) is 115 Å². The number of fused-ring (bicyclic) bond motifs is 8. The molecule has 0 radical (unpaired) electrons. The van der Waals surface area contributed by atoms with Gasteiger partial charge in [0.15, 0.2) is 0 Å². The quantitative estimate of drug-likeness (QED) is 0.164. The van der Waals surface area contributed by atoms with Crippen LogP contribution >= 0.6 is 11.3 Å². The highest BCUT2D eigenvalue weighted by atomic mass is 32.1. The third-order valence-corrected chi connectivity index (χ3v) is 16.3. The summed E-state index contributed by atoms with van der Waals surface area (Å²) in [5.74, 6) is 1.89. The zero-order valence-electron chi connectivity index (χ0n) is 39.0. The van der Waals surface area contributed by atoms with Crippen LogP contribution in [0.2, 0.25) is 0 Å². The number of benzene rings is 6. The third kappa shape index (κ3) is 6.50. The Kier molecular flexibility index (Phi) is 9.08. The maximum absolute atomic E-state index is 7.20. The summed E-state index contributed by atoms with van der Waals surface area (Å²) in [4.78, 5) is 5.19. The van der Waals surface area contributed by atoms with Crippen molar-refractivity contribution in [2.45, 2.75) is 129 Å². The van der Waals surface area contributed by atoms with Crippen LogP contribution < -0.4 is 30.2 Å². The lowest BCUT2D eigenvalue weighted by molar-refractivity contribution is 0.332. The molecule has 63 heavy (non-hydrogen) atoms. The van der Waals surface area contributed by atoms with E-state index in [9.17, 15) is 0 Å². The van der Waals surface area contributed by atoms with Gasteiger partial charge in [0.2, 0.25) is 0 Å². The topological polar surface area (TPSA) is 15.7 Å². The van der Waals surface area contributed by atoms with Crippen molar-refractivity contribution in [2.75, 3.05) is 9.80 Å². The summed E-state index contributed by atoms with van der Waals surface area (Å²) in [5.41, 5.74) is 18.6. The van der Waals surface area contributed by atoms with Crippen molar-refractivity contribution in [3.8, 4) is 11.5 Å². The monoisotopic (exact) mass is 844 g/mol. The van der Waals surface area contributed by atoms with E-state index in [0.717, 1.165) is 30.0 Å². The fourth-order valence-corrected chi connectivity index (χ4v) is 12.6. The van der Waals surface area contributed by atoms with Crippen molar-refractivity contribution in [3.63, 3.8) is 0 Å². The van der Waals surface area contributed by atoms with Crippen LogP contribution in [0.4, 0.5) is 34.1 Å². The number of nitrogens with zero attached hydrogens (tertiary/aromatic N) is 2. The van der Waals surface area contributed by atoms with Crippen LogP contribution in [0, 0.1) is 0 Å². The van der Waals surface area contributed by atoms with Gasteiger partial charge in [-0.05, 0) is 159 Å². The molecular weight excluding hydrogens is 784 g/mol. The molecule has 5 heteroatoms. The van der Waals surface area contributed by atoms with Crippen LogP contribution in [0.3, 0.4) is 0 Å². The van der Waals surface area contributed by atoms with Crippen molar-refractivity contribution in [2.24, 2.45) is 0 Å². The Morgan fingerprint density at radius 2 is 1.37 bits per heavy atom. The van der Waals surface area contributed by atoms with Gasteiger partial charge in [-0.3, -0.25) is 0 Å². The highest BCUT2D eigenvalue weighted by Gasteiger charge is 2.45. The molecule has 0 spiro atoms. The Morgan fingerprint density at radius 1 is 0.651 bits per heavy atom. The van der Waals surface area contributed by atoms with Crippen LogP contribution in [-0.2, 0) is 34.5 Å². The molecule has 0 saturated carbocycles. The minimum absolute atomic E-state index is 0.00830. The second-order valence-corrected chi connectivity index (χ2v) is 23.4. The highest BCUT2D eigenvalue weighted by Crippen LogP contribution is 2.52. The van der Waals surface area contributed by atoms with Crippen molar-refractivity contribution >= 4 is 78.0 Å². The van der Waals surface area contributed by atoms with E-state index in [1.807, 2.05) is 11.3 Å². The van der Waals surface area contributed by atoms with Gasteiger partial charge >= 0.3 is 0 Å². The van der Waals surface area contributed by atoms with Gasteiger partial charge in [-0.2, -0.15) is 0 Å². The normalized spacial score (nSPS) is 17.0. The highest BCUT2D eigenvalue weighted by molar-refractivity contribution is 7.33. The number of anilines is 6. The summed E-state index contributed by atoms with van der Waals surface area (Å²) >= 11 is 1.95. The van der Waals surface area contributed by atoms with Gasteiger partial charge in [0.25, 0.3) is 6.71 Å². The van der Waals surface area contributed by atoms with E-state index in [4.69, 9.17) is 4.74 Å². The first-order chi connectivity index (χ1) is 30.0. The molecule has 318 valence electrons. The number of ether oxygens (including phenoxy) is 1.